The molecule has 3 N–H and O–H groups in total. The van der Waals surface area contributed by atoms with E-state index in [0.29, 0.717) is 23.7 Å². The molecule has 1 aromatic rings. The molecule has 1 aromatic carbocycles. The summed E-state index contributed by atoms with van der Waals surface area (Å²) in [5, 5.41) is 23.7. The number of fused-ring (bicyclic) bond motifs is 4. The zero-order valence-corrected chi connectivity index (χ0v) is 28.1. The van der Waals surface area contributed by atoms with Gasteiger partial charge in [0.1, 0.15) is 13.9 Å². The Morgan fingerprint density at radius 3 is 2.20 bits per heavy atom. The van der Waals surface area contributed by atoms with E-state index in [9.17, 15) is 34.2 Å². The molecule has 0 bridgehead atoms. The summed E-state index contributed by atoms with van der Waals surface area (Å²) in [6.07, 6.45) is 0.183. The quantitative estimate of drug-likeness (QED) is 0.340. The van der Waals surface area contributed by atoms with Crippen molar-refractivity contribution in [3.05, 3.63) is 48.0 Å². The van der Waals surface area contributed by atoms with Gasteiger partial charge in [0.2, 0.25) is 11.8 Å². The Bertz CT molecular complexity index is 1750. The van der Waals surface area contributed by atoms with Crippen LogP contribution in [0.5, 0.6) is 0 Å². The number of carbonyl (C=O) groups excluding carboxylic acids is 3. The predicted octanol–water partition coefficient (Wildman–Crippen LogP) is 5.71. The van der Waals surface area contributed by atoms with E-state index in [1.54, 1.807) is 4.90 Å². The van der Waals surface area contributed by atoms with Crippen molar-refractivity contribution in [2.75, 3.05) is 10.2 Å². The molecule has 6 aliphatic rings. The van der Waals surface area contributed by atoms with E-state index in [0.717, 1.165) is 72.5 Å². The molecule has 13 heteroatoms. The molecule has 0 radical (unpaired) electrons. The number of nitrogens with zero attached hydrogens (tertiary/aromatic N) is 2. The number of hydrogen-bond acceptors (Lipinski definition) is 9. The number of thioether (sulfide) groups is 3. The molecule has 5 heterocycles. The Hall–Kier alpha value is -3.16. The average Bonchev–Trinajstić information content (AvgIpc) is 3.64. The van der Waals surface area contributed by atoms with E-state index in [-0.39, 0.29) is 40.4 Å². The van der Waals surface area contributed by atoms with Crippen molar-refractivity contribution in [2.45, 2.75) is 88.9 Å². The van der Waals surface area contributed by atoms with Crippen molar-refractivity contribution in [2.24, 2.45) is 5.92 Å². The number of benzene rings is 1. The third kappa shape index (κ3) is 3.83. The van der Waals surface area contributed by atoms with Gasteiger partial charge >= 0.3 is 11.9 Å². The first kappa shape index (κ1) is 30.5. The number of carboxylic acid groups (broad SMARTS) is 2. The molecule has 7 rings (SSSR count). The van der Waals surface area contributed by atoms with Crippen LogP contribution in [0, 0.1) is 5.92 Å². The van der Waals surface area contributed by atoms with Gasteiger partial charge in [-0.1, -0.05) is 56.1 Å². The van der Waals surface area contributed by atoms with Crippen LogP contribution in [0.4, 0.5) is 11.4 Å². The van der Waals surface area contributed by atoms with Crippen LogP contribution >= 0.6 is 35.3 Å². The minimum Gasteiger partial charge on any atom is -0.477 e. The lowest BCUT2D eigenvalue weighted by Gasteiger charge is -2.55. The van der Waals surface area contributed by atoms with E-state index in [1.165, 1.54) is 11.8 Å². The number of nitrogens with one attached hydrogen (secondary N) is 1. The van der Waals surface area contributed by atoms with Gasteiger partial charge in [-0.25, -0.2) is 9.59 Å². The van der Waals surface area contributed by atoms with Crippen LogP contribution in [0.15, 0.2) is 31.3 Å². The third-order valence-electron chi connectivity index (χ3n) is 10.4. The van der Waals surface area contributed by atoms with Gasteiger partial charge in [0.25, 0.3) is 5.91 Å². The van der Waals surface area contributed by atoms with Gasteiger partial charge in [-0.3, -0.25) is 24.2 Å². The van der Waals surface area contributed by atoms with Gasteiger partial charge in [-0.05, 0) is 73.1 Å². The maximum atomic E-state index is 14.7. The molecule has 1 spiro atoms. The number of anilines is 2. The smallest absolute Gasteiger partial charge is 0.343 e. The molecule has 4 atom stereocenters. The number of hydrogen-bond donors (Lipinski definition) is 3. The van der Waals surface area contributed by atoms with Crippen molar-refractivity contribution in [1.82, 2.24) is 4.90 Å². The number of allylic oxidation sites excluding steroid dienone is 1. The molecular weight excluding hydrogens is 635 g/mol. The fourth-order valence-electron chi connectivity index (χ4n) is 7.67. The molecule has 236 valence electrons. The lowest BCUT2D eigenvalue weighted by atomic mass is 9.78. The summed E-state index contributed by atoms with van der Waals surface area (Å²) in [6.45, 7) is 12.2. The first-order chi connectivity index (χ1) is 21.2. The van der Waals surface area contributed by atoms with Gasteiger partial charge < -0.3 is 15.5 Å². The van der Waals surface area contributed by atoms with Crippen molar-refractivity contribution >= 4 is 81.9 Å². The maximum Gasteiger partial charge on any atom is 0.343 e. The topological polar surface area (TPSA) is 144 Å². The Labute approximate surface area is 273 Å². The fraction of sp³-hybridized carbons (Fsp3) is 0.469. The zero-order valence-electron chi connectivity index (χ0n) is 25.7. The number of imide groups is 1. The molecule has 3 amide bonds. The van der Waals surface area contributed by atoms with Gasteiger partial charge in [0.05, 0.1) is 16.9 Å². The molecule has 10 nitrogen and oxygen atoms in total. The molecule has 5 aliphatic heterocycles. The summed E-state index contributed by atoms with van der Waals surface area (Å²) in [6, 6.07) is 2.11. The number of carbonyl (C=O) groups is 5. The number of amides is 3. The van der Waals surface area contributed by atoms with Crippen LogP contribution in [0.25, 0.3) is 5.57 Å². The van der Waals surface area contributed by atoms with Crippen LogP contribution in [0.2, 0.25) is 0 Å². The average molecular weight is 668 g/mol. The van der Waals surface area contributed by atoms with Crippen molar-refractivity contribution in [3.8, 4) is 0 Å². The van der Waals surface area contributed by atoms with Crippen LogP contribution in [-0.4, -0.2) is 60.6 Å². The molecule has 45 heavy (non-hydrogen) atoms. The largest absolute Gasteiger partial charge is 0.477 e. The second-order valence-electron chi connectivity index (χ2n) is 12.8. The molecule has 1 fully saturated rings. The van der Waals surface area contributed by atoms with Crippen molar-refractivity contribution in [3.63, 3.8) is 0 Å². The zero-order chi connectivity index (χ0) is 32.5. The van der Waals surface area contributed by atoms with Gasteiger partial charge in [-0.15, -0.1) is 0 Å². The first-order valence-electron chi connectivity index (χ1n) is 15.0. The Kier molecular flexibility index (Phi) is 6.72. The van der Waals surface area contributed by atoms with E-state index in [1.807, 2.05) is 27.7 Å². The fourth-order valence-corrected chi connectivity index (χ4v) is 12.6. The summed E-state index contributed by atoms with van der Waals surface area (Å²) in [4.78, 5) is 69.8. The van der Waals surface area contributed by atoms with E-state index in [4.69, 9.17) is 0 Å². The van der Waals surface area contributed by atoms with Gasteiger partial charge in [0.15, 0.2) is 6.17 Å². The molecule has 1 aliphatic carbocycles. The Morgan fingerprint density at radius 1 is 1.04 bits per heavy atom. The highest BCUT2D eigenvalue weighted by Crippen LogP contribution is 2.72. The number of carboxylic acids is 2. The summed E-state index contributed by atoms with van der Waals surface area (Å²) in [7, 11) is 0. The second-order valence-corrected chi connectivity index (χ2v) is 16.7. The Morgan fingerprint density at radius 2 is 1.64 bits per heavy atom. The lowest BCUT2D eigenvalue weighted by Crippen LogP contribution is -2.65. The molecule has 4 unspecified atom stereocenters. The van der Waals surface area contributed by atoms with E-state index >= 15 is 0 Å². The van der Waals surface area contributed by atoms with Crippen LogP contribution < -0.4 is 10.2 Å². The van der Waals surface area contributed by atoms with E-state index in [2.05, 4.69) is 25.2 Å². The summed E-state index contributed by atoms with van der Waals surface area (Å²) >= 11 is 3.64. The first-order valence-corrected chi connectivity index (χ1v) is 17.5. The standard InChI is InChI=1S/C32H33N3O7S3/c1-7-31(6)26-21(32(14(4)15(5)43-26)44-24(29(39)40)25(45-32)30(41)42)17-11-16-10-12(2)13(3)20(16)22-23(17)35(31)28(38)27(33-22)34-18(36)8-9-19(34)37/h11-13,27,33H,7-10H2,1-6H3,(H,39,40)(H,41,42). The Balaban J connectivity index is 1.55. The van der Waals surface area contributed by atoms with Gasteiger partial charge in [0, 0.05) is 28.9 Å². The number of aliphatic carboxylic acids is 2. The van der Waals surface area contributed by atoms with Crippen LogP contribution in [0.1, 0.15) is 83.4 Å². The molecule has 0 aromatic heterocycles. The second kappa shape index (κ2) is 9.92. The summed E-state index contributed by atoms with van der Waals surface area (Å²) in [5.41, 5.74) is 4.97. The highest BCUT2D eigenvalue weighted by molar-refractivity contribution is 8.26. The van der Waals surface area contributed by atoms with Crippen molar-refractivity contribution < 1.29 is 34.2 Å². The number of rotatable bonds is 4. The van der Waals surface area contributed by atoms with Crippen LogP contribution in [-0.2, 0) is 30.4 Å². The third-order valence-corrected chi connectivity index (χ3v) is 15.3. The highest BCUT2D eigenvalue weighted by atomic mass is 32.2. The predicted molar refractivity (Wildman–Crippen MR) is 176 cm³/mol. The lowest BCUT2D eigenvalue weighted by molar-refractivity contribution is -0.145. The molecular formula is C32H33N3O7S3. The minimum absolute atomic E-state index is 0.0595. The summed E-state index contributed by atoms with van der Waals surface area (Å²) < 4.78 is -1.09. The molecule has 1 saturated heterocycles. The van der Waals surface area contributed by atoms with Crippen LogP contribution in [0.3, 0.4) is 0 Å². The number of likely N-dealkylation sites (tertiary alicyclic amines) is 1. The highest BCUT2D eigenvalue weighted by Gasteiger charge is 2.61. The van der Waals surface area contributed by atoms with Crippen molar-refractivity contribution in [1.29, 1.82) is 0 Å². The van der Waals surface area contributed by atoms with E-state index < -0.39 is 33.6 Å². The monoisotopic (exact) mass is 667 g/mol. The minimum atomic E-state index is -1.29. The SMILES string of the molecule is CCC1(C)C2=C(c3cc4c(c5c3N1C(=O)C(N1C(=O)CCC1=O)N5)C(C)C(C)C4)C1(SC(C(=O)O)=C(C(=O)O)S1)C(C)=C(C)S2. The molecule has 0 saturated carbocycles. The maximum absolute atomic E-state index is 14.7. The normalized spacial score (nSPS) is 29.9. The van der Waals surface area contributed by atoms with Gasteiger partial charge in [-0.2, -0.15) is 0 Å². The summed E-state index contributed by atoms with van der Waals surface area (Å²) in [5.74, 6) is -3.33.